The van der Waals surface area contributed by atoms with Gasteiger partial charge in [-0.2, -0.15) is 0 Å². The smallest absolute Gasteiger partial charge is 0.656 e. The SMILES string of the molecule is [Pt+2].c1ccc2cc3c(cc2c1)-c1nc-3c(-c2cccc3ccccc23)c2[n-]c(c(-c3cccc4ccccc34)c3nc(c(-c4cccc5ccccc45)c4[n-]c(c1-c1cccc5ccccc15)c1cc5ccccc5cc41)-c1cc4ccccc4cc1-3)c1cc3ccccc3cc21. The van der Waals surface area contributed by atoms with E-state index in [0.717, 1.165) is 219 Å². The first kappa shape index (κ1) is 55.4. The van der Waals surface area contributed by atoms with Gasteiger partial charge in [0, 0.05) is 22.3 Å². The molecule has 0 fully saturated rings. The predicted molar refractivity (Wildman–Crippen MR) is 405 cm³/mol. The third-order valence-electron chi connectivity index (χ3n) is 20.6. The van der Waals surface area contributed by atoms with E-state index in [2.05, 4.69) is 315 Å². The van der Waals surface area contributed by atoms with Gasteiger partial charge in [0.05, 0.1) is 22.8 Å². The standard InChI is InChI=1S/C92H52N4.Pt/c1-2-26-58-46-74-73(45-57(58)25-1)85-81(69-41-17-33-53-21-9-13-37-65(53)69)87-75-47-59-27-3-4-28-60(59)48-76(75)89(94-87)83(71-43-19-35-55-23-11-15-39-67(55)71)91-79-51-63-31-7-8-32-64(63)52-80(79)92(96-91)84(72-44-20-36-56-24-12-16-40-68(56)72)90-78-50-62-30-6-5-29-61(62)49-77(78)88(95-90)82(86(74)93-85)70-42-18-34-54-22-10-14-38-66(54)70;/h1-52H;/q-2;+2. The fourth-order valence-electron chi connectivity index (χ4n) is 16.2. The van der Waals surface area contributed by atoms with E-state index < -0.39 is 0 Å². The Hall–Kier alpha value is -12.1. The molecule has 18 aromatic rings. The van der Waals surface area contributed by atoms with Crippen molar-refractivity contribution in [3.63, 3.8) is 0 Å². The van der Waals surface area contributed by atoms with Crippen molar-refractivity contribution in [2.24, 2.45) is 0 Å². The molecule has 0 amide bonds. The maximum Gasteiger partial charge on any atom is 2.00 e. The first-order chi connectivity index (χ1) is 47.6. The molecule has 0 atom stereocenters. The van der Waals surface area contributed by atoms with Crippen LogP contribution in [0.1, 0.15) is 0 Å². The van der Waals surface area contributed by atoms with Gasteiger partial charge in [-0.15, -0.1) is 22.1 Å². The number of nitrogens with zero attached hydrogens (tertiary/aromatic N) is 4. The van der Waals surface area contributed by atoms with Crippen molar-refractivity contribution >= 4 is 130 Å². The second-order valence-corrected chi connectivity index (χ2v) is 25.8. The van der Waals surface area contributed by atoms with E-state index in [1.54, 1.807) is 0 Å². The van der Waals surface area contributed by atoms with Gasteiger partial charge in [-0.1, -0.05) is 267 Å². The van der Waals surface area contributed by atoms with E-state index >= 15 is 0 Å². The zero-order valence-corrected chi connectivity index (χ0v) is 54.4. The van der Waals surface area contributed by atoms with Crippen LogP contribution in [0.25, 0.3) is 219 Å². The first-order valence-electron chi connectivity index (χ1n) is 33.0. The number of hydrogen-bond acceptors (Lipinski definition) is 2. The summed E-state index contributed by atoms with van der Waals surface area (Å²) >= 11 is 0. The summed E-state index contributed by atoms with van der Waals surface area (Å²) in [5.74, 6) is 0. The topological polar surface area (TPSA) is 54.0 Å². The van der Waals surface area contributed by atoms with Crippen molar-refractivity contribution < 1.29 is 21.1 Å². The molecule has 0 saturated heterocycles. The minimum atomic E-state index is 0. The maximum absolute atomic E-state index is 6.42. The van der Waals surface area contributed by atoms with Crippen LogP contribution in [0.5, 0.6) is 0 Å². The van der Waals surface area contributed by atoms with Crippen molar-refractivity contribution in [3.05, 3.63) is 315 Å². The predicted octanol–water partition coefficient (Wildman–Crippen LogP) is 24.4. The first-order valence-corrected chi connectivity index (χ1v) is 33.0. The summed E-state index contributed by atoms with van der Waals surface area (Å²) in [7, 11) is 0. The molecule has 0 saturated carbocycles. The minimum Gasteiger partial charge on any atom is -0.656 e. The summed E-state index contributed by atoms with van der Waals surface area (Å²) in [6.07, 6.45) is 0. The Morgan fingerprint density at radius 2 is 0.351 bits per heavy atom. The summed E-state index contributed by atoms with van der Waals surface area (Å²) in [5.41, 5.74) is 18.7. The van der Waals surface area contributed by atoms with Crippen molar-refractivity contribution in [1.82, 2.24) is 19.9 Å². The zero-order valence-electron chi connectivity index (χ0n) is 52.1. The van der Waals surface area contributed by atoms with Crippen LogP contribution < -0.4 is 9.97 Å². The molecule has 450 valence electrons. The van der Waals surface area contributed by atoms with Gasteiger partial charge in [0.2, 0.25) is 0 Å². The Labute approximate surface area is 571 Å². The summed E-state index contributed by atoms with van der Waals surface area (Å²) < 4.78 is 0. The Morgan fingerprint density at radius 3 is 0.577 bits per heavy atom. The summed E-state index contributed by atoms with van der Waals surface area (Å²) in [6, 6.07) is 116. The van der Waals surface area contributed by atoms with Crippen LogP contribution in [0, 0.1) is 0 Å². The fraction of sp³-hybridized carbons (Fsp3) is 0. The molecule has 97 heavy (non-hydrogen) atoms. The van der Waals surface area contributed by atoms with Crippen molar-refractivity contribution in [3.8, 4) is 89.5 Å². The van der Waals surface area contributed by atoms with Crippen LogP contribution in [0.2, 0.25) is 0 Å². The Morgan fingerprint density at radius 1 is 0.165 bits per heavy atom. The number of rotatable bonds is 4. The largest absolute Gasteiger partial charge is 2.00 e. The van der Waals surface area contributed by atoms with Gasteiger partial charge in [-0.05, 0) is 201 Å². The Bertz CT molecular complexity index is 6020. The molecule has 1 aliphatic carbocycles. The van der Waals surface area contributed by atoms with Gasteiger partial charge in [-0.3, -0.25) is 0 Å². The third-order valence-corrected chi connectivity index (χ3v) is 20.6. The molecule has 5 heteroatoms. The number of hydrogen-bond donors (Lipinski definition) is 0. The van der Waals surface area contributed by atoms with E-state index in [0.29, 0.717) is 0 Å². The van der Waals surface area contributed by atoms with Gasteiger partial charge >= 0.3 is 21.1 Å². The van der Waals surface area contributed by atoms with Gasteiger partial charge in [0.15, 0.2) is 0 Å². The van der Waals surface area contributed by atoms with Gasteiger partial charge in [-0.25, -0.2) is 9.97 Å². The minimum absolute atomic E-state index is 0. The Kier molecular flexibility index (Phi) is 12.3. The molecule has 16 aromatic carbocycles. The van der Waals surface area contributed by atoms with E-state index in [1.807, 2.05) is 0 Å². The molecular formula is C92H52N4Pt. The van der Waals surface area contributed by atoms with Crippen molar-refractivity contribution in [2.75, 3.05) is 0 Å². The average molecular weight is 1410 g/mol. The van der Waals surface area contributed by atoms with Crippen LogP contribution in [-0.4, -0.2) is 9.97 Å². The average Bonchev–Trinajstić information content (AvgIpc) is 1.56. The van der Waals surface area contributed by atoms with Crippen LogP contribution >= 0.6 is 0 Å². The molecule has 21 rings (SSSR count). The van der Waals surface area contributed by atoms with Crippen LogP contribution in [0.3, 0.4) is 0 Å². The molecule has 4 heterocycles. The van der Waals surface area contributed by atoms with Crippen LogP contribution in [0.15, 0.2) is 315 Å². The maximum atomic E-state index is 6.42. The van der Waals surface area contributed by atoms with Crippen molar-refractivity contribution in [1.29, 1.82) is 0 Å². The molecule has 0 unspecified atom stereocenters. The molecule has 4 nitrogen and oxygen atoms in total. The molecule has 0 radical (unpaired) electrons. The molecule has 0 spiro atoms. The van der Waals surface area contributed by atoms with E-state index in [4.69, 9.17) is 19.9 Å². The van der Waals surface area contributed by atoms with Gasteiger partial charge in [0.25, 0.3) is 0 Å². The molecule has 2 aliphatic heterocycles. The number of aromatic nitrogens is 4. The van der Waals surface area contributed by atoms with E-state index in [9.17, 15) is 0 Å². The summed E-state index contributed by atoms with van der Waals surface area (Å²) in [6.45, 7) is 0. The number of benzene rings is 16. The third kappa shape index (κ3) is 8.34. The van der Waals surface area contributed by atoms with E-state index in [-0.39, 0.29) is 21.1 Å². The molecule has 8 bridgehead atoms. The van der Waals surface area contributed by atoms with Crippen LogP contribution in [0.4, 0.5) is 0 Å². The quantitative estimate of drug-likeness (QED) is 0.176. The second-order valence-electron chi connectivity index (χ2n) is 25.8. The monoisotopic (exact) mass is 1410 g/mol. The molecular weight excluding hydrogens is 1360 g/mol. The van der Waals surface area contributed by atoms with E-state index in [1.165, 1.54) is 0 Å². The zero-order chi connectivity index (χ0) is 62.7. The molecule has 2 aromatic heterocycles. The summed E-state index contributed by atoms with van der Waals surface area (Å²) in [4.78, 5) is 25.7. The van der Waals surface area contributed by atoms with Gasteiger partial charge < -0.3 is 9.97 Å². The number of fused-ring (bicyclic) bond motifs is 8. The normalized spacial score (nSPS) is 12.0. The molecule has 3 aliphatic rings. The van der Waals surface area contributed by atoms with Gasteiger partial charge in [0.1, 0.15) is 0 Å². The molecule has 0 N–H and O–H groups in total. The summed E-state index contributed by atoms with van der Waals surface area (Å²) in [5, 5.41) is 22.0. The van der Waals surface area contributed by atoms with Crippen molar-refractivity contribution in [2.45, 2.75) is 0 Å². The fourth-order valence-corrected chi connectivity index (χ4v) is 16.2. The van der Waals surface area contributed by atoms with Crippen LogP contribution in [-0.2, 0) is 21.1 Å². The Balaban J connectivity index is 0.00000641. The second kappa shape index (κ2) is 21.5.